The molecule has 1 fully saturated rings. The quantitative estimate of drug-likeness (QED) is 0.702. The van der Waals surface area contributed by atoms with Gasteiger partial charge in [0.25, 0.3) is 5.91 Å². The summed E-state index contributed by atoms with van der Waals surface area (Å²) < 4.78 is 0. The highest BCUT2D eigenvalue weighted by Crippen LogP contribution is 2.26. The zero-order valence-corrected chi connectivity index (χ0v) is 10.3. The summed E-state index contributed by atoms with van der Waals surface area (Å²) in [5.41, 5.74) is 2.89. The molecule has 18 heavy (non-hydrogen) atoms. The molecule has 1 aliphatic carbocycles. The highest BCUT2D eigenvalue weighted by atomic mass is 16.2. The molecule has 0 spiro atoms. The lowest BCUT2D eigenvalue weighted by molar-refractivity contribution is -0.116. The highest BCUT2D eigenvalue weighted by molar-refractivity contribution is 6.19. The van der Waals surface area contributed by atoms with Crippen LogP contribution in [0.15, 0.2) is 12.3 Å². The lowest BCUT2D eigenvalue weighted by Crippen LogP contribution is -2.31. The second-order valence-corrected chi connectivity index (χ2v) is 4.87. The fourth-order valence-corrected chi connectivity index (χ4v) is 2.57. The van der Waals surface area contributed by atoms with Crippen LogP contribution in [0, 0.1) is 0 Å². The summed E-state index contributed by atoms with van der Waals surface area (Å²) >= 11 is 0. The lowest BCUT2D eigenvalue weighted by Gasteiger charge is -2.19. The highest BCUT2D eigenvalue weighted by Gasteiger charge is 2.35. The molecular weight excluding hydrogens is 230 g/mol. The van der Waals surface area contributed by atoms with E-state index in [9.17, 15) is 9.59 Å². The van der Waals surface area contributed by atoms with E-state index in [2.05, 4.69) is 4.98 Å². The van der Waals surface area contributed by atoms with Crippen LogP contribution < -0.4 is 4.90 Å². The number of aryl methyl sites for hydroxylation is 2. The summed E-state index contributed by atoms with van der Waals surface area (Å²) in [6, 6.07) is 1.67. The Bertz CT molecular complexity index is 527. The standard InChI is InChI=1S/C13H15N3O2/c1-15-8-12(17)16(13(15)18)10-6-9-4-2-3-5-11(9)14-7-10/h6-7H,2-5,8H2,1H3. The third-order valence-corrected chi connectivity index (χ3v) is 3.55. The van der Waals surface area contributed by atoms with Crippen molar-refractivity contribution >= 4 is 17.6 Å². The lowest BCUT2D eigenvalue weighted by atomic mass is 9.96. The molecule has 2 aliphatic rings. The number of carbonyl (C=O) groups excluding carboxylic acids is 2. The Hall–Kier alpha value is -1.91. The minimum atomic E-state index is -0.266. The van der Waals surface area contributed by atoms with Crippen molar-refractivity contribution in [2.75, 3.05) is 18.5 Å². The maximum absolute atomic E-state index is 11.9. The van der Waals surface area contributed by atoms with Gasteiger partial charge >= 0.3 is 6.03 Å². The van der Waals surface area contributed by atoms with E-state index in [0.29, 0.717) is 5.69 Å². The van der Waals surface area contributed by atoms with Gasteiger partial charge in [-0.05, 0) is 37.3 Å². The Morgan fingerprint density at radius 1 is 1.22 bits per heavy atom. The molecule has 0 N–H and O–H groups in total. The summed E-state index contributed by atoms with van der Waals surface area (Å²) in [7, 11) is 1.63. The zero-order valence-electron chi connectivity index (χ0n) is 10.3. The summed E-state index contributed by atoms with van der Waals surface area (Å²) in [4.78, 5) is 30.7. The Labute approximate surface area is 105 Å². The van der Waals surface area contributed by atoms with Crippen molar-refractivity contribution in [3.8, 4) is 0 Å². The third-order valence-electron chi connectivity index (χ3n) is 3.55. The number of anilines is 1. The molecule has 5 heteroatoms. The van der Waals surface area contributed by atoms with Crippen molar-refractivity contribution in [3.05, 3.63) is 23.5 Å². The van der Waals surface area contributed by atoms with Crippen molar-refractivity contribution < 1.29 is 9.59 Å². The van der Waals surface area contributed by atoms with Gasteiger partial charge in [-0.2, -0.15) is 0 Å². The number of hydrogen-bond acceptors (Lipinski definition) is 3. The van der Waals surface area contributed by atoms with E-state index in [-0.39, 0.29) is 18.5 Å². The molecule has 94 valence electrons. The first-order chi connectivity index (χ1) is 8.66. The van der Waals surface area contributed by atoms with E-state index in [0.717, 1.165) is 25.0 Å². The first-order valence-corrected chi connectivity index (χ1v) is 6.22. The van der Waals surface area contributed by atoms with Gasteiger partial charge in [0.05, 0.1) is 11.9 Å². The van der Waals surface area contributed by atoms with Gasteiger partial charge in [-0.25, -0.2) is 9.69 Å². The molecule has 0 aromatic carbocycles. The molecule has 3 amide bonds. The van der Waals surface area contributed by atoms with Crippen molar-refractivity contribution in [2.45, 2.75) is 25.7 Å². The molecule has 0 radical (unpaired) electrons. The van der Waals surface area contributed by atoms with Crippen LogP contribution in [0.5, 0.6) is 0 Å². The van der Waals surface area contributed by atoms with Crippen LogP contribution in [-0.4, -0.2) is 35.4 Å². The number of pyridine rings is 1. The maximum Gasteiger partial charge on any atom is 0.331 e. The average Bonchev–Trinajstić information content (AvgIpc) is 2.63. The molecular formula is C13H15N3O2. The van der Waals surface area contributed by atoms with E-state index >= 15 is 0 Å². The number of amides is 3. The molecule has 2 heterocycles. The van der Waals surface area contributed by atoms with Gasteiger partial charge in [-0.1, -0.05) is 0 Å². The molecule has 1 aliphatic heterocycles. The number of carbonyl (C=O) groups is 2. The molecule has 0 atom stereocenters. The Morgan fingerprint density at radius 3 is 2.72 bits per heavy atom. The van der Waals surface area contributed by atoms with Gasteiger partial charge in [-0.15, -0.1) is 0 Å². The van der Waals surface area contributed by atoms with Crippen LogP contribution in [0.2, 0.25) is 0 Å². The van der Waals surface area contributed by atoms with Gasteiger partial charge in [-0.3, -0.25) is 9.78 Å². The summed E-state index contributed by atoms with van der Waals surface area (Å²) in [6.07, 6.45) is 5.95. The molecule has 0 saturated carbocycles. The number of aromatic nitrogens is 1. The largest absolute Gasteiger partial charge is 0.331 e. The van der Waals surface area contributed by atoms with Crippen molar-refractivity contribution in [1.29, 1.82) is 0 Å². The second-order valence-electron chi connectivity index (χ2n) is 4.87. The van der Waals surface area contributed by atoms with Crippen LogP contribution in [0.25, 0.3) is 0 Å². The van der Waals surface area contributed by atoms with Crippen LogP contribution in [0.4, 0.5) is 10.5 Å². The van der Waals surface area contributed by atoms with E-state index < -0.39 is 0 Å². The summed E-state index contributed by atoms with van der Waals surface area (Å²) in [6.45, 7) is 0.149. The van der Waals surface area contributed by atoms with Crippen LogP contribution in [0.3, 0.4) is 0 Å². The van der Waals surface area contributed by atoms with Crippen molar-refractivity contribution in [2.24, 2.45) is 0 Å². The van der Waals surface area contributed by atoms with E-state index in [4.69, 9.17) is 0 Å². The summed E-state index contributed by atoms with van der Waals surface area (Å²) in [5.74, 6) is -0.181. The first-order valence-electron chi connectivity index (χ1n) is 6.22. The number of rotatable bonds is 1. The molecule has 0 unspecified atom stereocenters. The Balaban J connectivity index is 1.97. The monoisotopic (exact) mass is 245 g/mol. The van der Waals surface area contributed by atoms with E-state index in [1.807, 2.05) is 6.07 Å². The second kappa shape index (κ2) is 4.08. The zero-order chi connectivity index (χ0) is 12.7. The average molecular weight is 245 g/mol. The first kappa shape index (κ1) is 11.2. The van der Waals surface area contributed by atoms with Gasteiger partial charge in [0.1, 0.15) is 6.54 Å². The van der Waals surface area contributed by atoms with Crippen molar-refractivity contribution in [3.63, 3.8) is 0 Å². The number of imide groups is 1. The van der Waals surface area contributed by atoms with Gasteiger partial charge < -0.3 is 4.90 Å². The fraction of sp³-hybridized carbons (Fsp3) is 0.462. The summed E-state index contributed by atoms with van der Waals surface area (Å²) in [5, 5.41) is 0. The minimum Gasteiger partial charge on any atom is -0.318 e. The SMILES string of the molecule is CN1CC(=O)N(c2cnc3c(c2)CCCC3)C1=O. The molecule has 1 saturated heterocycles. The smallest absolute Gasteiger partial charge is 0.318 e. The third kappa shape index (κ3) is 1.66. The number of nitrogens with zero attached hydrogens (tertiary/aromatic N) is 3. The van der Waals surface area contributed by atoms with Crippen LogP contribution >= 0.6 is 0 Å². The van der Waals surface area contributed by atoms with Gasteiger partial charge in [0, 0.05) is 12.7 Å². The predicted octanol–water partition coefficient (Wildman–Crippen LogP) is 1.36. The fourth-order valence-electron chi connectivity index (χ4n) is 2.57. The van der Waals surface area contributed by atoms with Gasteiger partial charge in [0.2, 0.25) is 0 Å². The van der Waals surface area contributed by atoms with E-state index in [1.54, 1.807) is 13.2 Å². The topological polar surface area (TPSA) is 53.5 Å². The minimum absolute atomic E-state index is 0.149. The molecule has 0 bridgehead atoms. The van der Waals surface area contributed by atoms with E-state index in [1.165, 1.54) is 21.8 Å². The molecule has 5 nitrogen and oxygen atoms in total. The number of hydrogen-bond donors (Lipinski definition) is 0. The normalized spacial score (nSPS) is 19.4. The van der Waals surface area contributed by atoms with Crippen molar-refractivity contribution in [1.82, 2.24) is 9.88 Å². The van der Waals surface area contributed by atoms with Crippen LogP contribution in [0.1, 0.15) is 24.1 Å². The molecule has 1 aromatic heterocycles. The maximum atomic E-state index is 11.9. The van der Waals surface area contributed by atoms with Crippen LogP contribution in [-0.2, 0) is 17.6 Å². The predicted molar refractivity (Wildman–Crippen MR) is 66.4 cm³/mol. The van der Waals surface area contributed by atoms with Gasteiger partial charge in [0.15, 0.2) is 0 Å². The molecule has 3 rings (SSSR count). The molecule has 1 aromatic rings. The number of urea groups is 1. The Kier molecular flexibility index (Phi) is 2.54. The number of fused-ring (bicyclic) bond motifs is 1. The number of likely N-dealkylation sites (N-methyl/N-ethyl adjacent to an activating group) is 1. The Morgan fingerprint density at radius 2 is 2.00 bits per heavy atom.